The van der Waals surface area contributed by atoms with Gasteiger partial charge < -0.3 is 25.1 Å². The third-order valence-corrected chi connectivity index (χ3v) is 5.35. The van der Waals surface area contributed by atoms with Gasteiger partial charge in [0.2, 0.25) is 0 Å². The number of ether oxygens (including phenoxy) is 3. The van der Waals surface area contributed by atoms with Crippen molar-refractivity contribution in [2.45, 2.75) is 5.54 Å². The summed E-state index contributed by atoms with van der Waals surface area (Å²) in [5.41, 5.74) is 9.28. The molecule has 0 amide bonds. The number of amidine groups is 1. The largest absolute Gasteiger partial charge is 0.491 e. The molecule has 0 spiro atoms. The molecule has 1 unspecified atom stereocenters. The molecule has 1 atom stereocenters. The first kappa shape index (κ1) is 24.1. The number of hydrogen-bond donors (Lipinski definition) is 2. The topological polar surface area (TPSA) is 103 Å². The fourth-order valence-electron chi connectivity index (χ4n) is 3.59. The number of benzene rings is 3. The Morgan fingerprint density at radius 1 is 1.06 bits per heavy atom. The second kappa shape index (κ2) is 11.4. The van der Waals surface area contributed by atoms with Gasteiger partial charge in [0.1, 0.15) is 19.0 Å². The first-order valence-electron chi connectivity index (χ1n) is 10.2. The highest BCUT2D eigenvalue weighted by Gasteiger charge is 2.40. The van der Waals surface area contributed by atoms with Crippen molar-refractivity contribution in [3.8, 4) is 16.9 Å². The van der Waals surface area contributed by atoms with E-state index in [0.717, 1.165) is 28.0 Å². The summed E-state index contributed by atoms with van der Waals surface area (Å²) in [6.45, 7) is 1.12. The molecule has 0 fully saturated rings. The van der Waals surface area contributed by atoms with Crippen molar-refractivity contribution in [1.29, 1.82) is 0 Å². The lowest BCUT2D eigenvalue weighted by molar-refractivity contribution is -0.122. The van der Waals surface area contributed by atoms with Crippen molar-refractivity contribution >= 4 is 24.1 Å². The summed E-state index contributed by atoms with van der Waals surface area (Å²) in [5.74, 6) is 0.773. The van der Waals surface area contributed by atoms with E-state index in [-0.39, 0.29) is 12.5 Å². The highest BCUT2D eigenvalue weighted by atomic mass is 35.5. The number of methoxy groups -OCH3 is 1. The molecule has 1 aliphatic heterocycles. The fourth-order valence-corrected chi connectivity index (χ4v) is 3.78. The van der Waals surface area contributed by atoms with E-state index in [1.807, 2.05) is 60.7 Å². The summed E-state index contributed by atoms with van der Waals surface area (Å²) in [6.07, 6.45) is 0. The molecule has 0 saturated heterocycles. The zero-order chi connectivity index (χ0) is 23.7. The van der Waals surface area contributed by atoms with E-state index < -0.39 is 5.54 Å². The zero-order valence-electron chi connectivity index (χ0n) is 18.1. The molecule has 4 rings (SSSR count). The molecule has 0 aromatic heterocycles. The molecule has 0 radical (unpaired) electrons. The van der Waals surface area contributed by atoms with Crippen molar-refractivity contribution in [3.05, 3.63) is 88.9 Å². The van der Waals surface area contributed by atoms with Gasteiger partial charge in [0.15, 0.2) is 5.54 Å². The van der Waals surface area contributed by atoms with Crippen molar-refractivity contribution in [3.63, 3.8) is 0 Å². The Bertz CT molecular complexity index is 1100. The van der Waals surface area contributed by atoms with E-state index in [1.54, 1.807) is 7.11 Å². The van der Waals surface area contributed by atoms with Crippen LogP contribution in [0.15, 0.2) is 77.8 Å². The molecule has 7 nitrogen and oxygen atoms in total. The second-order valence-corrected chi connectivity index (χ2v) is 7.60. The van der Waals surface area contributed by atoms with E-state index in [2.05, 4.69) is 12.1 Å². The highest BCUT2D eigenvalue weighted by molar-refractivity contribution is 6.30. The summed E-state index contributed by atoms with van der Waals surface area (Å²) in [6, 6.07) is 24.0. The predicted molar refractivity (Wildman–Crippen MR) is 128 cm³/mol. The van der Waals surface area contributed by atoms with Gasteiger partial charge >= 0.3 is 0 Å². The smallest absolute Gasteiger partial charge is 0.290 e. The number of aliphatic imine (C=N–C) groups is 1. The summed E-state index contributed by atoms with van der Waals surface area (Å²) in [7, 11) is 1.65. The number of nitrogens with two attached hydrogens (primary N) is 1. The molecular formula is C25H25ClN2O5. The van der Waals surface area contributed by atoms with Crippen LogP contribution < -0.4 is 10.5 Å². The number of nitrogens with zero attached hydrogens (tertiary/aromatic N) is 1. The highest BCUT2D eigenvalue weighted by Crippen LogP contribution is 2.39. The van der Waals surface area contributed by atoms with E-state index in [4.69, 9.17) is 46.4 Å². The van der Waals surface area contributed by atoms with Crippen LogP contribution in [-0.2, 0) is 19.8 Å². The first-order chi connectivity index (χ1) is 16.0. The lowest BCUT2D eigenvalue weighted by Crippen LogP contribution is -2.27. The molecule has 3 aromatic rings. The van der Waals surface area contributed by atoms with Crippen LogP contribution in [-0.4, -0.2) is 44.5 Å². The van der Waals surface area contributed by atoms with Crippen LogP contribution in [0.25, 0.3) is 11.1 Å². The van der Waals surface area contributed by atoms with E-state index >= 15 is 0 Å². The van der Waals surface area contributed by atoms with Gasteiger partial charge in [-0.1, -0.05) is 54.1 Å². The number of hydrogen-bond acceptors (Lipinski definition) is 6. The van der Waals surface area contributed by atoms with Crippen molar-refractivity contribution < 1.29 is 24.1 Å². The van der Waals surface area contributed by atoms with Gasteiger partial charge in [-0.25, -0.2) is 4.99 Å². The van der Waals surface area contributed by atoms with Crippen LogP contribution in [0.5, 0.6) is 5.75 Å². The quantitative estimate of drug-likeness (QED) is 0.395. The van der Waals surface area contributed by atoms with Gasteiger partial charge in [0, 0.05) is 12.1 Å². The maximum atomic E-state index is 8.36. The predicted octanol–water partition coefficient (Wildman–Crippen LogP) is 4.32. The minimum absolute atomic E-state index is 0.184. The van der Waals surface area contributed by atoms with Gasteiger partial charge in [-0.15, -0.1) is 0 Å². The first-order valence-corrected chi connectivity index (χ1v) is 10.5. The molecule has 172 valence electrons. The Morgan fingerprint density at radius 2 is 1.73 bits per heavy atom. The van der Waals surface area contributed by atoms with Crippen LogP contribution in [0.2, 0.25) is 5.02 Å². The molecule has 3 aromatic carbocycles. The van der Waals surface area contributed by atoms with E-state index in [0.29, 0.717) is 24.8 Å². The summed E-state index contributed by atoms with van der Waals surface area (Å²) in [4.78, 5) is 13.1. The van der Waals surface area contributed by atoms with E-state index in [1.165, 1.54) is 0 Å². The fraction of sp³-hybridized carbons (Fsp3) is 0.200. The third-order valence-electron chi connectivity index (χ3n) is 5.12. The SMILES string of the molecule is COCCOc1ccc(C2(c3cccc(-c4cccc(Cl)c4)c3)COC(N)=N2)cc1.O=CO. The van der Waals surface area contributed by atoms with Gasteiger partial charge in [-0.2, -0.15) is 0 Å². The Kier molecular flexibility index (Phi) is 8.29. The molecule has 33 heavy (non-hydrogen) atoms. The Labute approximate surface area is 197 Å². The number of carbonyl (C=O) groups is 1. The molecule has 8 heteroatoms. The lowest BCUT2D eigenvalue weighted by Gasteiger charge is -2.26. The summed E-state index contributed by atoms with van der Waals surface area (Å²) in [5, 5.41) is 7.59. The Hall–Kier alpha value is -3.55. The average Bonchev–Trinajstić information content (AvgIpc) is 3.23. The molecule has 3 N–H and O–H groups in total. The van der Waals surface area contributed by atoms with Gasteiger partial charge in [-0.05, 0) is 52.6 Å². The van der Waals surface area contributed by atoms with Crippen LogP contribution in [0.1, 0.15) is 11.1 Å². The van der Waals surface area contributed by atoms with Crippen molar-refractivity contribution in [2.24, 2.45) is 10.7 Å². The number of carboxylic acid groups (broad SMARTS) is 1. The summed E-state index contributed by atoms with van der Waals surface area (Å²) >= 11 is 6.19. The standard InChI is InChI=1S/C24H23ClN2O3.CH2O2/c1-28-12-13-29-22-10-8-19(9-11-22)24(16-30-23(26)27-24)20-6-2-4-17(14-20)18-5-3-7-21(25)15-18;2-1-3/h2-11,14-15H,12-13,16H2,1H3,(H2,26,27);1H,(H,2,3). The molecular weight excluding hydrogens is 444 g/mol. The minimum Gasteiger partial charge on any atom is -0.491 e. The van der Waals surface area contributed by atoms with Gasteiger partial charge in [0.25, 0.3) is 12.5 Å². The minimum atomic E-state index is -0.719. The lowest BCUT2D eigenvalue weighted by atomic mass is 9.83. The maximum absolute atomic E-state index is 8.36. The molecule has 0 bridgehead atoms. The zero-order valence-corrected chi connectivity index (χ0v) is 18.9. The van der Waals surface area contributed by atoms with E-state index in [9.17, 15) is 0 Å². The molecule has 0 saturated carbocycles. The molecule has 1 aliphatic rings. The monoisotopic (exact) mass is 468 g/mol. The molecule has 1 heterocycles. The summed E-state index contributed by atoms with van der Waals surface area (Å²) < 4.78 is 16.3. The van der Waals surface area contributed by atoms with Gasteiger partial charge in [-0.3, -0.25) is 4.79 Å². The normalized spacial score (nSPS) is 16.7. The van der Waals surface area contributed by atoms with Crippen LogP contribution in [0.3, 0.4) is 0 Å². The second-order valence-electron chi connectivity index (χ2n) is 7.16. The molecule has 0 aliphatic carbocycles. The number of rotatable bonds is 7. The van der Waals surface area contributed by atoms with Crippen LogP contribution in [0.4, 0.5) is 0 Å². The number of halogens is 1. The Balaban J connectivity index is 0.000000968. The third kappa shape index (κ3) is 5.83. The van der Waals surface area contributed by atoms with Gasteiger partial charge in [0.05, 0.1) is 6.61 Å². The van der Waals surface area contributed by atoms with Crippen molar-refractivity contribution in [1.82, 2.24) is 0 Å². The van der Waals surface area contributed by atoms with Crippen LogP contribution in [0, 0.1) is 0 Å². The average molecular weight is 469 g/mol. The van der Waals surface area contributed by atoms with Crippen molar-refractivity contribution in [2.75, 3.05) is 26.9 Å². The maximum Gasteiger partial charge on any atom is 0.290 e. The van der Waals surface area contributed by atoms with Crippen LogP contribution >= 0.6 is 11.6 Å². The Morgan fingerprint density at radius 3 is 2.33 bits per heavy atom.